The van der Waals surface area contributed by atoms with Gasteiger partial charge in [-0.3, -0.25) is 0 Å². The average Bonchev–Trinajstić information content (AvgIpc) is 2.93. The number of rotatable bonds is 5. The zero-order chi connectivity index (χ0) is 13.7. The first-order valence-corrected chi connectivity index (χ1v) is 5.80. The van der Waals surface area contributed by atoms with E-state index in [1.165, 1.54) is 13.4 Å². The number of methoxy groups -OCH3 is 1. The number of carbonyl (C=O) groups is 1. The topological polar surface area (TPSA) is 60.7 Å². The van der Waals surface area contributed by atoms with Crippen molar-refractivity contribution in [2.45, 2.75) is 6.61 Å². The van der Waals surface area contributed by atoms with E-state index < -0.39 is 5.97 Å². The zero-order valence-electron chi connectivity index (χ0n) is 10.8. The maximum Gasteiger partial charge on any atom is 0.374 e. The molecular formula is C14H15NO4. The molecule has 0 spiro atoms. The van der Waals surface area contributed by atoms with E-state index in [0.29, 0.717) is 5.56 Å². The molecule has 0 radical (unpaired) electrons. The van der Waals surface area contributed by atoms with Crippen molar-refractivity contribution in [1.29, 1.82) is 0 Å². The summed E-state index contributed by atoms with van der Waals surface area (Å²) < 4.78 is 15.3. The van der Waals surface area contributed by atoms with Gasteiger partial charge in [0.25, 0.3) is 0 Å². The number of ether oxygens (including phenoxy) is 2. The highest BCUT2D eigenvalue weighted by molar-refractivity contribution is 5.87. The van der Waals surface area contributed by atoms with E-state index in [1.54, 1.807) is 6.07 Å². The molecule has 0 saturated heterocycles. The van der Waals surface area contributed by atoms with Crippen LogP contribution < -0.4 is 10.1 Å². The lowest BCUT2D eigenvalue weighted by atomic mass is 10.2. The molecule has 0 saturated carbocycles. The quantitative estimate of drug-likeness (QED) is 0.838. The number of carbonyl (C=O) groups excluding carboxylic acids is 1. The predicted octanol–water partition coefficient (Wildman–Crippen LogP) is 2.69. The fourth-order valence-corrected chi connectivity index (χ4v) is 1.60. The molecule has 1 N–H and O–H groups in total. The van der Waals surface area contributed by atoms with Crippen LogP contribution in [0.5, 0.6) is 5.75 Å². The number of hydrogen-bond acceptors (Lipinski definition) is 5. The lowest BCUT2D eigenvalue weighted by Crippen LogP contribution is -2.05. The number of anilines is 1. The minimum atomic E-state index is -0.505. The minimum absolute atomic E-state index is 0.175. The van der Waals surface area contributed by atoms with Crippen molar-refractivity contribution in [3.8, 4) is 5.75 Å². The van der Waals surface area contributed by atoms with Gasteiger partial charge < -0.3 is 19.2 Å². The molecule has 0 aliphatic rings. The normalized spacial score (nSPS) is 10.0. The molecule has 0 unspecified atom stereocenters. The van der Waals surface area contributed by atoms with Gasteiger partial charge in [0.05, 0.1) is 13.4 Å². The van der Waals surface area contributed by atoms with Crippen LogP contribution in [-0.4, -0.2) is 20.1 Å². The third-order valence-corrected chi connectivity index (χ3v) is 2.65. The first-order chi connectivity index (χ1) is 9.24. The summed E-state index contributed by atoms with van der Waals surface area (Å²) in [6.45, 7) is 0.250. The molecule has 100 valence electrons. The highest BCUT2D eigenvalue weighted by Gasteiger charge is 2.15. The molecule has 0 atom stereocenters. The van der Waals surface area contributed by atoms with Gasteiger partial charge in [-0.05, 0) is 30.3 Å². The van der Waals surface area contributed by atoms with Crippen molar-refractivity contribution in [2.75, 3.05) is 19.5 Å². The first kappa shape index (κ1) is 13.0. The van der Waals surface area contributed by atoms with Crippen LogP contribution in [0.15, 0.2) is 41.0 Å². The second-order valence-corrected chi connectivity index (χ2v) is 3.83. The lowest BCUT2D eigenvalue weighted by molar-refractivity contribution is 0.0561. The molecule has 0 aliphatic heterocycles. The zero-order valence-corrected chi connectivity index (χ0v) is 10.8. The fourth-order valence-electron chi connectivity index (χ4n) is 1.60. The third-order valence-electron chi connectivity index (χ3n) is 2.65. The number of benzene rings is 1. The van der Waals surface area contributed by atoms with E-state index in [-0.39, 0.29) is 12.4 Å². The molecule has 0 fully saturated rings. The predicted molar refractivity (Wildman–Crippen MR) is 70.4 cm³/mol. The van der Waals surface area contributed by atoms with E-state index in [2.05, 4.69) is 10.1 Å². The number of furan rings is 1. The Kier molecular flexibility index (Phi) is 4.07. The Morgan fingerprint density at radius 3 is 2.63 bits per heavy atom. The van der Waals surface area contributed by atoms with Gasteiger partial charge in [0.2, 0.25) is 5.76 Å². The Labute approximate surface area is 111 Å². The molecule has 5 heteroatoms. The Hall–Kier alpha value is -2.43. The molecule has 1 aromatic heterocycles. The van der Waals surface area contributed by atoms with Crippen molar-refractivity contribution in [3.05, 3.63) is 47.9 Å². The average molecular weight is 261 g/mol. The van der Waals surface area contributed by atoms with Crippen LogP contribution >= 0.6 is 0 Å². The first-order valence-electron chi connectivity index (χ1n) is 5.80. The molecule has 1 heterocycles. The molecule has 0 aliphatic carbocycles. The van der Waals surface area contributed by atoms with E-state index >= 15 is 0 Å². The van der Waals surface area contributed by atoms with E-state index in [0.717, 1.165) is 11.4 Å². The molecule has 19 heavy (non-hydrogen) atoms. The van der Waals surface area contributed by atoms with Crippen LogP contribution in [0.1, 0.15) is 16.1 Å². The van der Waals surface area contributed by atoms with Gasteiger partial charge in [-0.1, -0.05) is 0 Å². The molecule has 2 rings (SSSR count). The third kappa shape index (κ3) is 3.07. The van der Waals surface area contributed by atoms with Crippen LogP contribution in [0.3, 0.4) is 0 Å². The second kappa shape index (κ2) is 5.95. The van der Waals surface area contributed by atoms with Gasteiger partial charge in [-0.25, -0.2) is 4.79 Å². The maximum absolute atomic E-state index is 11.4. The largest absolute Gasteiger partial charge is 0.489 e. The van der Waals surface area contributed by atoms with E-state index in [1.807, 2.05) is 31.3 Å². The Morgan fingerprint density at radius 2 is 2.00 bits per heavy atom. The Balaban J connectivity index is 2.02. The van der Waals surface area contributed by atoms with Gasteiger partial charge in [-0.15, -0.1) is 0 Å². The van der Waals surface area contributed by atoms with Crippen molar-refractivity contribution in [1.82, 2.24) is 0 Å². The van der Waals surface area contributed by atoms with Crippen molar-refractivity contribution >= 4 is 11.7 Å². The second-order valence-electron chi connectivity index (χ2n) is 3.83. The minimum Gasteiger partial charge on any atom is -0.489 e. The van der Waals surface area contributed by atoms with Crippen molar-refractivity contribution in [3.63, 3.8) is 0 Å². The highest BCUT2D eigenvalue weighted by Crippen LogP contribution is 2.18. The summed E-state index contributed by atoms with van der Waals surface area (Å²) in [4.78, 5) is 11.4. The lowest BCUT2D eigenvalue weighted by Gasteiger charge is -2.07. The molecule has 0 bridgehead atoms. The summed E-state index contributed by atoms with van der Waals surface area (Å²) in [5.41, 5.74) is 1.66. The molecule has 5 nitrogen and oxygen atoms in total. The van der Waals surface area contributed by atoms with E-state index in [9.17, 15) is 4.79 Å². The van der Waals surface area contributed by atoms with Crippen LogP contribution in [0.2, 0.25) is 0 Å². The van der Waals surface area contributed by atoms with Crippen LogP contribution in [0.25, 0.3) is 0 Å². The van der Waals surface area contributed by atoms with Crippen LogP contribution in [0, 0.1) is 0 Å². The standard InChI is InChI=1S/C14H15NO4/c1-15-11-3-5-12(6-4-11)19-9-10-7-8-18-13(10)14(16)17-2/h3-8,15H,9H2,1-2H3. The smallest absolute Gasteiger partial charge is 0.374 e. The summed E-state index contributed by atoms with van der Waals surface area (Å²) in [6.07, 6.45) is 1.44. The summed E-state index contributed by atoms with van der Waals surface area (Å²) >= 11 is 0. The summed E-state index contributed by atoms with van der Waals surface area (Å²) in [5, 5.41) is 3.02. The van der Waals surface area contributed by atoms with Gasteiger partial charge >= 0.3 is 5.97 Å². The van der Waals surface area contributed by atoms with Crippen molar-refractivity contribution < 1.29 is 18.7 Å². The van der Waals surface area contributed by atoms with Gasteiger partial charge in [-0.2, -0.15) is 0 Å². The van der Waals surface area contributed by atoms with Crippen LogP contribution in [0.4, 0.5) is 5.69 Å². The maximum atomic E-state index is 11.4. The molecule has 1 aromatic carbocycles. The Morgan fingerprint density at radius 1 is 1.26 bits per heavy atom. The monoisotopic (exact) mass is 261 g/mol. The van der Waals surface area contributed by atoms with Crippen LogP contribution in [-0.2, 0) is 11.3 Å². The van der Waals surface area contributed by atoms with Gasteiger partial charge in [0.1, 0.15) is 12.4 Å². The summed E-state index contributed by atoms with van der Waals surface area (Å²) in [7, 11) is 3.16. The van der Waals surface area contributed by atoms with Gasteiger partial charge in [0.15, 0.2) is 0 Å². The summed E-state index contributed by atoms with van der Waals surface area (Å²) in [5.74, 6) is 0.388. The number of hydrogen-bond donors (Lipinski definition) is 1. The SMILES string of the molecule is CNc1ccc(OCc2ccoc2C(=O)OC)cc1. The number of nitrogens with one attached hydrogen (secondary N) is 1. The fraction of sp³-hybridized carbons (Fsp3) is 0.214. The molecular weight excluding hydrogens is 246 g/mol. The van der Waals surface area contributed by atoms with Crippen molar-refractivity contribution in [2.24, 2.45) is 0 Å². The summed E-state index contributed by atoms with van der Waals surface area (Å²) in [6, 6.07) is 9.21. The highest BCUT2D eigenvalue weighted by atomic mass is 16.5. The molecule has 0 amide bonds. The Bertz CT molecular complexity index is 545. The number of esters is 1. The van der Waals surface area contributed by atoms with E-state index in [4.69, 9.17) is 9.15 Å². The molecule has 2 aromatic rings. The van der Waals surface area contributed by atoms with Gasteiger partial charge in [0, 0.05) is 18.3 Å².